The second kappa shape index (κ2) is 9.79. The Morgan fingerprint density at radius 2 is 1.83 bits per heavy atom. The molecule has 0 aliphatic heterocycles. The lowest BCUT2D eigenvalue weighted by Gasteiger charge is -2.17. The van der Waals surface area contributed by atoms with Gasteiger partial charge in [-0.05, 0) is 13.8 Å². The largest absolute Gasteiger partial charge is 0.370 e. The number of aliphatic imine (C=N–C) groups is 1. The Labute approximate surface area is 127 Å². The monoisotopic (exact) mass is 392 g/mol. The zero-order valence-corrected chi connectivity index (χ0v) is 14.7. The first kappa shape index (κ1) is 20.2. The summed E-state index contributed by atoms with van der Waals surface area (Å²) in [5, 5.41) is 2.91. The second-order valence-electron chi connectivity index (χ2n) is 3.97. The fraction of sp³-hybridized carbons (Fsp3) is 0.900. The molecule has 0 aromatic rings. The molecule has 0 heterocycles. The minimum absolute atomic E-state index is 0. The number of nitrogens with one attached hydrogen (secondary N) is 1. The van der Waals surface area contributed by atoms with Crippen LogP contribution in [0.15, 0.2) is 4.99 Å². The van der Waals surface area contributed by atoms with Gasteiger partial charge in [0.05, 0.1) is 12.3 Å². The Bertz CT molecular complexity index is 340. The molecule has 6 nitrogen and oxygen atoms in total. The van der Waals surface area contributed by atoms with Crippen molar-refractivity contribution in [3.63, 3.8) is 0 Å². The van der Waals surface area contributed by atoms with E-state index in [1.165, 1.54) is 4.31 Å². The molecule has 0 unspecified atom stereocenters. The molecule has 0 aromatic carbocycles. The minimum atomic E-state index is -3.20. The van der Waals surface area contributed by atoms with E-state index in [4.69, 9.17) is 5.73 Å². The molecule has 0 saturated carbocycles. The quantitative estimate of drug-likeness (QED) is 0.377. The van der Waals surface area contributed by atoms with Crippen molar-refractivity contribution in [3.8, 4) is 0 Å². The van der Waals surface area contributed by atoms with Crippen LogP contribution in [0.4, 0.5) is 0 Å². The van der Waals surface area contributed by atoms with Crippen molar-refractivity contribution < 1.29 is 8.42 Å². The van der Waals surface area contributed by atoms with E-state index in [9.17, 15) is 8.42 Å². The lowest BCUT2D eigenvalue weighted by Crippen LogP contribution is -2.38. The van der Waals surface area contributed by atoms with Gasteiger partial charge in [-0.25, -0.2) is 12.7 Å². The van der Waals surface area contributed by atoms with Crippen LogP contribution in [0.5, 0.6) is 0 Å². The van der Waals surface area contributed by atoms with Crippen molar-refractivity contribution in [2.24, 2.45) is 10.7 Å². The van der Waals surface area contributed by atoms with Gasteiger partial charge in [0.2, 0.25) is 10.0 Å². The van der Waals surface area contributed by atoms with Crippen molar-refractivity contribution in [1.82, 2.24) is 9.62 Å². The van der Waals surface area contributed by atoms with Crippen LogP contribution >= 0.6 is 24.0 Å². The highest BCUT2D eigenvalue weighted by atomic mass is 127. The molecule has 0 spiro atoms. The number of guanidine groups is 1. The van der Waals surface area contributed by atoms with Gasteiger partial charge in [-0.1, -0.05) is 13.8 Å². The fourth-order valence-electron chi connectivity index (χ4n) is 1.37. The molecule has 3 N–H and O–H groups in total. The lowest BCUT2D eigenvalue weighted by atomic mass is 10.4. The van der Waals surface area contributed by atoms with E-state index in [0.29, 0.717) is 13.1 Å². The van der Waals surface area contributed by atoms with E-state index < -0.39 is 10.0 Å². The lowest BCUT2D eigenvalue weighted by molar-refractivity contribution is 0.445. The molecule has 0 bridgehead atoms. The molecule has 0 aliphatic carbocycles. The molecular formula is C10H25IN4O2S. The third-order valence-electron chi connectivity index (χ3n) is 2.17. The summed E-state index contributed by atoms with van der Waals surface area (Å²) in [7, 11) is -3.20. The molecule has 0 aliphatic rings. The first-order valence-electron chi connectivity index (χ1n) is 5.87. The Morgan fingerprint density at radius 1 is 1.33 bits per heavy atom. The summed E-state index contributed by atoms with van der Waals surface area (Å²) >= 11 is 0. The predicted octanol–water partition coefficient (Wildman–Crippen LogP) is 0.589. The molecule has 0 rings (SSSR count). The van der Waals surface area contributed by atoms with Gasteiger partial charge in [0, 0.05) is 19.1 Å². The van der Waals surface area contributed by atoms with Gasteiger partial charge in [0.15, 0.2) is 5.96 Å². The van der Waals surface area contributed by atoms with E-state index in [-0.39, 0.29) is 48.3 Å². The molecule has 0 fully saturated rings. The third kappa shape index (κ3) is 8.09. The van der Waals surface area contributed by atoms with Crippen molar-refractivity contribution >= 4 is 40.0 Å². The van der Waals surface area contributed by atoms with E-state index in [2.05, 4.69) is 10.3 Å². The zero-order valence-electron chi connectivity index (χ0n) is 11.5. The Hall–Kier alpha value is -0.0900. The Balaban J connectivity index is 0. The standard InChI is InChI=1S/C10H24N4O2S.HI/c1-5-14(6-2)17(15,16)8-7-12-10(11)13-9(3)4;/h9H,5-8H2,1-4H3,(H3,11,12,13);1H. The molecule has 0 saturated heterocycles. The van der Waals surface area contributed by atoms with E-state index in [1.807, 2.05) is 27.7 Å². The van der Waals surface area contributed by atoms with E-state index in [0.717, 1.165) is 0 Å². The Kier molecular flexibility index (Phi) is 11.0. The number of sulfonamides is 1. The molecule has 110 valence electrons. The molecular weight excluding hydrogens is 367 g/mol. The maximum absolute atomic E-state index is 11.8. The summed E-state index contributed by atoms with van der Waals surface area (Å²) in [5.41, 5.74) is 5.58. The van der Waals surface area contributed by atoms with E-state index in [1.54, 1.807) is 0 Å². The highest BCUT2D eigenvalue weighted by Crippen LogP contribution is 2.00. The minimum Gasteiger partial charge on any atom is -0.370 e. The topological polar surface area (TPSA) is 87.8 Å². The van der Waals surface area contributed by atoms with Gasteiger partial charge < -0.3 is 11.1 Å². The highest BCUT2D eigenvalue weighted by Gasteiger charge is 2.17. The molecule has 0 aromatic heterocycles. The van der Waals surface area contributed by atoms with Crippen molar-refractivity contribution in [2.45, 2.75) is 33.7 Å². The number of hydrogen-bond acceptors (Lipinski definition) is 3. The maximum atomic E-state index is 11.8. The van der Waals surface area contributed by atoms with Crippen molar-refractivity contribution in [2.75, 3.05) is 25.4 Å². The summed E-state index contributed by atoms with van der Waals surface area (Å²) in [5.74, 6) is 0.282. The summed E-state index contributed by atoms with van der Waals surface area (Å²) < 4.78 is 25.0. The predicted molar refractivity (Wildman–Crippen MR) is 86.9 cm³/mol. The third-order valence-corrected chi connectivity index (χ3v) is 4.17. The van der Waals surface area contributed by atoms with Crippen LogP contribution in [0, 0.1) is 0 Å². The number of nitrogens with two attached hydrogens (primary N) is 1. The smallest absolute Gasteiger partial charge is 0.215 e. The highest BCUT2D eigenvalue weighted by molar-refractivity contribution is 14.0. The number of hydrogen-bond donors (Lipinski definition) is 2. The molecule has 0 atom stereocenters. The van der Waals surface area contributed by atoms with Crippen molar-refractivity contribution in [3.05, 3.63) is 0 Å². The van der Waals surface area contributed by atoms with Gasteiger partial charge in [0.1, 0.15) is 0 Å². The van der Waals surface area contributed by atoms with Crippen LogP contribution in [0.2, 0.25) is 0 Å². The summed E-state index contributed by atoms with van der Waals surface area (Å²) in [4.78, 5) is 3.98. The first-order valence-corrected chi connectivity index (χ1v) is 7.48. The fourth-order valence-corrected chi connectivity index (χ4v) is 2.74. The van der Waals surface area contributed by atoms with Gasteiger partial charge in [0.25, 0.3) is 0 Å². The second-order valence-corrected chi connectivity index (χ2v) is 6.05. The normalized spacial score (nSPS) is 12.7. The van der Waals surface area contributed by atoms with Crippen LogP contribution in [0.3, 0.4) is 0 Å². The molecule has 8 heteroatoms. The van der Waals surface area contributed by atoms with Crippen LogP contribution in [-0.2, 0) is 10.0 Å². The van der Waals surface area contributed by atoms with Crippen LogP contribution < -0.4 is 11.1 Å². The van der Waals surface area contributed by atoms with Crippen LogP contribution in [-0.4, -0.2) is 50.1 Å². The number of rotatable bonds is 7. The Morgan fingerprint density at radius 3 is 2.22 bits per heavy atom. The summed E-state index contributed by atoms with van der Waals surface area (Å²) in [6.07, 6.45) is 0. The number of nitrogens with zero attached hydrogens (tertiary/aromatic N) is 2. The van der Waals surface area contributed by atoms with Gasteiger partial charge in [-0.15, -0.1) is 24.0 Å². The first-order chi connectivity index (χ1) is 7.83. The van der Waals surface area contributed by atoms with E-state index >= 15 is 0 Å². The van der Waals surface area contributed by atoms with Crippen molar-refractivity contribution in [1.29, 1.82) is 0 Å². The van der Waals surface area contributed by atoms with Crippen LogP contribution in [0.25, 0.3) is 0 Å². The summed E-state index contributed by atoms with van der Waals surface area (Å²) in [6.45, 7) is 8.68. The van der Waals surface area contributed by atoms with Gasteiger partial charge in [-0.3, -0.25) is 4.99 Å². The average Bonchev–Trinajstić information content (AvgIpc) is 2.17. The SMILES string of the molecule is CCN(CC)S(=O)(=O)CCN=C(N)NC(C)C.I. The zero-order chi connectivity index (χ0) is 13.5. The molecule has 18 heavy (non-hydrogen) atoms. The van der Waals surface area contributed by atoms with Gasteiger partial charge in [-0.2, -0.15) is 0 Å². The van der Waals surface area contributed by atoms with Gasteiger partial charge >= 0.3 is 0 Å². The maximum Gasteiger partial charge on any atom is 0.215 e. The summed E-state index contributed by atoms with van der Waals surface area (Å²) in [6, 6.07) is 0.193. The molecule has 0 amide bonds. The average molecular weight is 392 g/mol. The van der Waals surface area contributed by atoms with Crippen LogP contribution in [0.1, 0.15) is 27.7 Å². The number of halogens is 1. The molecule has 0 radical (unpaired) electrons.